The quantitative estimate of drug-likeness (QED) is 0.751. The fraction of sp³-hybridized carbons (Fsp3) is 0.385. The van der Waals surface area contributed by atoms with Gasteiger partial charge in [0.05, 0.1) is 18.3 Å². The van der Waals surface area contributed by atoms with E-state index in [1.54, 1.807) is 0 Å². The Morgan fingerprint density at radius 3 is 2.50 bits per heavy atom. The van der Waals surface area contributed by atoms with Gasteiger partial charge in [0.2, 0.25) is 0 Å². The second-order valence-corrected chi connectivity index (χ2v) is 3.88. The van der Waals surface area contributed by atoms with Gasteiger partial charge in [-0.15, -0.1) is 0 Å². The van der Waals surface area contributed by atoms with E-state index in [4.69, 9.17) is 10.2 Å². The van der Waals surface area contributed by atoms with E-state index in [1.807, 2.05) is 6.92 Å². The summed E-state index contributed by atoms with van der Waals surface area (Å²) in [4.78, 5) is 21.3. The molecule has 0 fully saturated rings. The first-order valence-corrected chi connectivity index (χ1v) is 5.45. The van der Waals surface area contributed by atoms with Crippen LogP contribution in [0.1, 0.15) is 20.3 Å². The van der Waals surface area contributed by atoms with Crippen molar-refractivity contribution < 1.29 is 24.5 Å². The smallest absolute Gasteiger partial charge is 0.331 e. The van der Waals surface area contributed by atoms with Crippen LogP contribution < -0.4 is 0 Å². The molecule has 0 aromatic carbocycles. The number of rotatable bonds is 4. The Kier molecular flexibility index (Phi) is 6.49. The summed E-state index contributed by atoms with van der Waals surface area (Å²) in [5, 5.41) is 17.5. The number of allylic oxidation sites excluding steroid dienone is 2. The molecule has 1 aliphatic rings. The van der Waals surface area contributed by atoms with Crippen molar-refractivity contribution in [2.24, 2.45) is 5.41 Å². The van der Waals surface area contributed by atoms with E-state index in [0.717, 1.165) is 6.61 Å². The number of hydrogen-bond donors (Lipinski definition) is 2. The highest BCUT2D eigenvalue weighted by Crippen LogP contribution is 2.31. The van der Waals surface area contributed by atoms with Gasteiger partial charge >= 0.3 is 11.9 Å². The number of carbonyl (C=O) groups is 2. The van der Waals surface area contributed by atoms with Crippen molar-refractivity contribution in [3.63, 3.8) is 0 Å². The molecule has 0 saturated carbocycles. The van der Waals surface area contributed by atoms with Gasteiger partial charge in [0.1, 0.15) is 0 Å². The van der Waals surface area contributed by atoms with Gasteiger partial charge in [0.15, 0.2) is 0 Å². The fourth-order valence-corrected chi connectivity index (χ4v) is 1.30. The summed E-state index contributed by atoms with van der Waals surface area (Å²) < 4.78 is 4.60. The van der Waals surface area contributed by atoms with E-state index in [2.05, 4.69) is 11.3 Å². The monoisotopic (exact) mass is 254 g/mol. The first-order chi connectivity index (χ1) is 8.37. The van der Waals surface area contributed by atoms with E-state index < -0.39 is 17.4 Å². The molecule has 1 aliphatic carbocycles. The first kappa shape index (κ1) is 16.0. The molecule has 5 heteroatoms. The number of aliphatic carboxylic acids is 2. The highest BCUT2D eigenvalue weighted by atomic mass is 16.5. The van der Waals surface area contributed by atoms with E-state index >= 15 is 0 Å². The Morgan fingerprint density at radius 1 is 1.56 bits per heavy atom. The van der Waals surface area contributed by atoms with Gasteiger partial charge < -0.3 is 14.9 Å². The lowest BCUT2D eigenvalue weighted by Gasteiger charge is -2.23. The maximum absolute atomic E-state index is 10.8. The Hall–Kier alpha value is -2.04. The van der Waals surface area contributed by atoms with E-state index in [-0.39, 0.29) is 12.0 Å². The predicted molar refractivity (Wildman–Crippen MR) is 67.0 cm³/mol. The second kappa shape index (κ2) is 7.32. The van der Waals surface area contributed by atoms with Crippen LogP contribution in [0.15, 0.2) is 36.6 Å². The molecular formula is C13H18O5. The zero-order valence-electron chi connectivity index (χ0n) is 10.5. The van der Waals surface area contributed by atoms with Crippen LogP contribution in [0.2, 0.25) is 0 Å². The Balaban J connectivity index is 0.000000494. The van der Waals surface area contributed by atoms with Crippen molar-refractivity contribution in [3.05, 3.63) is 36.6 Å². The molecule has 18 heavy (non-hydrogen) atoms. The maximum Gasteiger partial charge on any atom is 0.331 e. The van der Waals surface area contributed by atoms with E-state index in [9.17, 15) is 9.59 Å². The van der Waals surface area contributed by atoms with Gasteiger partial charge in [-0.05, 0) is 20.3 Å². The number of carboxylic acids is 2. The van der Waals surface area contributed by atoms with Crippen molar-refractivity contribution in [1.29, 1.82) is 0 Å². The van der Waals surface area contributed by atoms with E-state index in [0.29, 0.717) is 0 Å². The average molecular weight is 254 g/mol. The molecular weight excluding hydrogens is 236 g/mol. The van der Waals surface area contributed by atoms with Gasteiger partial charge in [0.25, 0.3) is 0 Å². The lowest BCUT2D eigenvalue weighted by atomic mass is 9.80. The zero-order valence-corrected chi connectivity index (χ0v) is 10.5. The molecule has 0 saturated heterocycles. The SMILES string of the molecule is C=COCC.CC1(C(=O)O)C=CC=C(C(=O)O)C1. The Morgan fingerprint density at radius 2 is 2.17 bits per heavy atom. The van der Waals surface area contributed by atoms with Crippen molar-refractivity contribution in [3.8, 4) is 0 Å². The first-order valence-electron chi connectivity index (χ1n) is 5.45. The molecule has 0 aromatic rings. The molecule has 0 spiro atoms. The van der Waals surface area contributed by atoms with Crippen molar-refractivity contribution in [2.75, 3.05) is 6.61 Å². The minimum Gasteiger partial charge on any atom is -0.502 e. The summed E-state index contributed by atoms with van der Waals surface area (Å²) in [5.41, 5.74) is -0.949. The van der Waals surface area contributed by atoms with Gasteiger partial charge in [-0.1, -0.05) is 24.8 Å². The summed E-state index contributed by atoms with van der Waals surface area (Å²) in [5.74, 6) is -2.06. The zero-order chi connectivity index (χ0) is 14.2. The molecule has 0 radical (unpaired) electrons. The number of ether oxygens (including phenoxy) is 1. The molecule has 5 nitrogen and oxygen atoms in total. The molecule has 0 amide bonds. The minimum atomic E-state index is -1.08. The molecule has 1 unspecified atom stereocenters. The Bertz CT molecular complexity index is 381. The van der Waals surface area contributed by atoms with Crippen LogP contribution in [0.25, 0.3) is 0 Å². The van der Waals surface area contributed by atoms with Crippen LogP contribution in [0, 0.1) is 5.41 Å². The maximum atomic E-state index is 10.8. The molecule has 100 valence electrons. The predicted octanol–water partition coefficient (Wildman–Crippen LogP) is 2.21. The molecule has 2 N–H and O–H groups in total. The summed E-state index contributed by atoms with van der Waals surface area (Å²) >= 11 is 0. The lowest BCUT2D eigenvalue weighted by molar-refractivity contribution is -0.145. The summed E-state index contributed by atoms with van der Waals surface area (Å²) in [6, 6.07) is 0. The largest absolute Gasteiger partial charge is 0.502 e. The van der Waals surface area contributed by atoms with Crippen LogP contribution in [0.3, 0.4) is 0 Å². The van der Waals surface area contributed by atoms with Gasteiger partial charge in [-0.2, -0.15) is 0 Å². The van der Waals surface area contributed by atoms with Gasteiger partial charge in [-0.25, -0.2) is 4.79 Å². The molecule has 0 heterocycles. The van der Waals surface area contributed by atoms with E-state index in [1.165, 1.54) is 31.4 Å². The average Bonchev–Trinajstić information content (AvgIpc) is 2.30. The van der Waals surface area contributed by atoms with Gasteiger partial charge in [0, 0.05) is 5.57 Å². The Labute approximate surface area is 106 Å². The third kappa shape index (κ3) is 4.86. The molecule has 0 aromatic heterocycles. The standard InChI is InChI=1S/C9H10O4.C4H8O/c1-9(8(12)13)4-2-3-6(5-9)7(10)11;1-3-5-4-2/h2-4H,5H2,1H3,(H,10,11)(H,12,13);3H,1,4H2,2H3. The van der Waals surface area contributed by atoms with Crippen molar-refractivity contribution in [1.82, 2.24) is 0 Å². The highest BCUT2D eigenvalue weighted by molar-refractivity contribution is 5.90. The number of carboxylic acid groups (broad SMARTS) is 2. The van der Waals surface area contributed by atoms with Crippen molar-refractivity contribution in [2.45, 2.75) is 20.3 Å². The van der Waals surface area contributed by atoms with Crippen LogP contribution in [-0.2, 0) is 14.3 Å². The topological polar surface area (TPSA) is 83.8 Å². The summed E-state index contributed by atoms with van der Waals surface area (Å²) in [6.07, 6.45) is 5.87. The second-order valence-electron chi connectivity index (χ2n) is 3.88. The summed E-state index contributed by atoms with van der Waals surface area (Å²) in [7, 11) is 0. The lowest BCUT2D eigenvalue weighted by Crippen LogP contribution is -2.28. The third-order valence-electron chi connectivity index (χ3n) is 2.37. The molecule has 1 rings (SSSR count). The minimum absolute atomic E-state index is 0.0359. The van der Waals surface area contributed by atoms with Crippen LogP contribution in [0.5, 0.6) is 0 Å². The van der Waals surface area contributed by atoms with Gasteiger partial charge in [-0.3, -0.25) is 4.79 Å². The highest BCUT2D eigenvalue weighted by Gasteiger charge is 2.34. The van der Waals surface area contributed by atoms with Crippen LogP contribution in [0.4, 0.5) is 0 Å². The van der Waals surface area contributed by atoms with Crippen molar-refractivity contribution >= 4 is 11.9 Å². The van der Waals surface area contributed by atoms with Crippen LogP contribution in [-0.4, -0.2) is 28.8 Å². The van der Waals surface area contributed by atoms with Crippen LogP contribution >= 0.6 is 0 Å². The summed E-state index contributed by atoms with van der Waals surface area (Å²) in [6.45, 7) is 7.47. The molecule has 0 aliphatic heterocycles. The number of hydrogen-bond acceptors (Lipinski definition) is 3. The normalized spacial score (nSPS) is 21.1. The molecule has 0 bridgehead atoms. The molecule has 1 atom stereocenters. The third-order valence-corrected chi connectivity index (χ3v) is 2.37. The fourth-order valence-electron chi connectivity index (χ4n) is 1.30.